The van der Waals surface area contributed by atoms with Crippen LogP contribution in [0.5, 0.6) is 17.2 Å². The van der Waals surface area contributed by atoms with Crippen molar-refractivity contribution < 1.29 is 32.6 Å². The van der Waals surface area contributed by atoms with Gasteiger partial charge < -0.3 is 23.0 Å². The summed E-state index contributed by atoms with van der Waals surface area (Å²) in [7, 11) is 0. The molecule has 32 heavy (non-hydrogen) atoms. The summed E-state index contributed by atoms with van der Waals surface area (Å²) in [5.74, 6) is 1.42. The van der Waals surface area contributed by atoms with Gasteiger partial charge in [-0.05, 0) is 56.3 Å². The molecular weight excluding hydrogens is 412 g/mol. The predicted octanol–water partition coefficient (Wildman–Crippen LogP) is 5.57. The van der Waals surface area contributed by atoms with Crippen molar-refractivity contribution in [3.63, 3.8) is 0 Å². The Kier molecular flexibility index (Phi) is 4.78. The van der Waals surface area contributed by atoms with Crippen molar-refractivity contribution >= 4 is 28.8 Å². The molecule has 0 fully saturated rings. The van der Waals surface area contributed by atoms with Crippen molar-refractivity contribution in [2.75, 3.05) is 6.61 Å². The van der Waals surface area contributed by atoms with Gasteiger partial charge in [-0.25, -0.2) is 4.79 Å². The zero-order chi connectivity index (χ0) is 22.2. The van der Waals surface area contributed by atoms with Crippen LogP contribution in [-0.2, 0) is 0 Å². The monoisotopic (exact) mass is 430 g/mol. The highest BCUT2D eigenvalue weighted by Gasteiger charge is 2.29. The molecule has 7 nitrogen and oxygen atoms in total. The van der Waals surface area contributed by atoms with Gasteiger partial charge in [0, 0.05) is 17.5 Å². The molecular formula is C25H18O7. The summed E-state index contributed by atoms with van der Waals surface area (Å²) in [4.78, 5) is 25.5. The number of ketones is 1. The molecule has 3 heterocycles. The van der Waals surface area contributed by atoms with Gasteiger partial charge in [-0.1, -0.05) is 0 Å². The Morgan fingerprint density at radius 3 is 2.72 bits per heavy atom. The van der Waals surface area contributed by atoms with E-state index in [0.29, 0.717) is 51.7 Å². The van der Waals surface area contributed by atoms with Crippen LogP contribution in [0.4, 0.5) is 0 Å². The highest BCUT2D eigenvalue weighted by atomic mass is 16.5. The number of ether oxygens (including phenoxy) is 3. The van der Waals surface area contributed by atoms with Crippen molar-refractivity contribution in [1.29, 1.82) is 0 Å². The molecule has 7 heteroatoms. The topological polar surface area (TPSA) is 88.1 Å². The molecule has 4 aromatic rings. The summed E-state index contributed by atoms with van der Waals surface area (Å²) in [6, 6.07) is 13.4. The largest absolute Gasteiger partial charge is 0.494 e. The third-order valence-electron chi connectivity index (χ3n) is 5.02. The number of carbonyl (C=O) groups is 2. The van der Waals surface area contributed by atoms with Crippen LogP contribution in [0.2, 0.25) is 0 Å². The number of aryl methyl sites for hydroxylation is 1. The van der Waals surface area contributed by atoms with Gasteiger partial charge in [-0.15, -0.1) is 0 Å². The van der Waals surface area contributed by atoms with E-state index in [4.69, 9.17) is 23.0 Å². The lowest BCUT2D eigenvalue weighted by Crippen LogP contribution is -2.09. The maximum Gasteiger partial charge on any atom is 0.347 e. The first-order chi connectivity index (χ1) is 15.5. The van der Waals surface area contributed by atoms with Gasteiger partial charge in [0.05, 0.1) is 18.4 Å². The predicted molar refractivity (Wildman–Crippen MR) is 115 cm³/mol. The first-order valence-corrected chi connectivity index (χ1v) is 10.0. The Morgan fingerprint density at radius 1 is 1.09 bits per heavy atom. The molecule has 2 aromatic heterocycles. The molecule has 1 aliphatic heterocycles. The second kappa shape index (κ2) is 7.77. The van der Waals surface area contributed by atoms with Crippen LogP contribution in [-0.4, -0.2) is 18.4 Å². The minimum Gasteiger partial charge on any atom is -0.494 e. The van der Waals surface area contributed by atoms with Crippen LogP contribution in [0.3, 0.4) is 0 Å². The summed E-state index contributed by atoms with van der Waals surface area (Å²) in [5.41, 5.74) is 1.26. The standard InChI is InChI=1S/C25H18O7/c1-3-28-16-7-9-20-19(11-16)23(14(2)30-20)25(27)31-17-6-8-18-21(13-17)32-22(24(18)26)12-15-5-4-10-29-15/h4-13H,3H2,1-2H3/b22-12-. The molecule has 0 atom stereocenters. The van der Waals surface area contributed by atoms with Crippen molar-refractivity contribution in [3.8, 4) is 17.2 Å². The maximum atomic E-state index is 13.0. The normalized spacial score (nSPS) is 13.9. The molecule has 0 spiro atoms. The van der Waals surface area contributed by atoms with Gasteiger partial charge >= 0.3 is 5.97 Å². The fourth-order valence-electron chi connectivity index (χ4n) is 3.60. The summed E-state index contributed by atoms with van der Waals surface area (Å²) < 4.78 is 27.7. The zero-order valence-corrected chi connectivity index (χ0v) is 17.3. The van der Waals surface area contributed by atoms with Crippen LogP contribution >= 0.6 is 0 Å². The molecule has 0 radical (unpaired) electrons. The molecule has 0 saturated heterocycles. The van der Waals surface area contributed by atoms with Crippen LogP contribution in [0.1, 0.15) is 39.2 Å². The number of hydrogen-bond acceptors (Lipinski definition) is 7. The van der Waals surface area contributed by atoms with Crippen LogP contribution in [0, 0.1) is 6.92 Å². The number of esters is 1. The average molecular weight is 430 g/mol. The van der Waals surface area contributed by atoms with Crippen LogP contribution in [0.15, 0.2) is 69.4 Å². The summed E-state index contributed by atoms with van der Waals surface area (Å²) in [6.07, 6.45) is 3.03. The van der Waals surface area contributed by atoms with E-state index < -0.39 is 5.97 Å². The van der Waals surface area contributed by atoms with Gasteiger partial charge in [0.15, 0.2) is 5.76 Å². The fourth-order valence-corrected chi connectivity index (χ4v) is 3.60. The number of fused-ring (bicyclic) bond motifs is 2. The van der Waals surface area contributed by atoms with Gasteiger partial charge in [-0.2, -0.15) is 0 Å². The number of carbonyl (C=O) groups excluding carboxylic acids is 2. The Balaban J connectivity index is 1.42. The number of hydrogen-bond donors (Lipinski definition) is 0. The van der Waals surface area contributed by atoms with Crippen molar-refractivity contribution in [3.05, 3.63) is 83.2 Å². The van der Waals surface area contributed by atoms with Gasteiger partial charge in [0.1, 0.15) is 39.9 Å². The highest BCUT2D eigenvalue weighted by Crippen LogP contribution is 2.36. The molecule has 1 aliphatic rings. The minimum absolute atomic E-state index is 0.138. The number of rotatable bonds is 5. The van der Waals surface area contributed by atoms with Gasteiger partial charge in [0.2, 0.25) is 5.78 Å². The van der Waals surface area contributed by atoms with E-state index >= 15 is 0 Å². The second-order valence-electron chi connectivity index (χ2n) is 7.13. The summed E-state index contributed by atoms with van der Waals surface area (Å²) >= 11 is 0. The lowest BCUT2D eigenvalue weighted by Gasteiger charge is -2.06. The maximum absolute atomic E-state index is 13.0. The van der Waals surface area contributed by atoms with Crippen molar-refractivity contribution in [2.24, 2.45) is 0 Å². The Labute approximate surface area is 182 Å². The third-order valence-corrected chi connectivity index (χ3v) is 5.02. The lowest BCUT2D eigenvalue weighted by molar-refractivity contribution is 0.0734. The van der Waals surface area contributed by atoms with E-state index in [1.165, 1.54) is 18.4 Å². The first kappa shape index (κ1) is 19.7. The number of benzene rings is 2. The van der Waals surface area contributed by atoms with Crippen molar-refractivity contribution in [1.82, 2.24) is 0 Å². The average Bonchev–Trinajstić information content (AvgIpc) is 3.46. The molecule has 0 aliphatic carbocycles. The number of Topliss-reactive ketones (excluding diaryl/α,β-unsaturated/α-hetero) is 1. The fraction of sp³-hybridized carbons (Fsp3) is 0.120. The third kappa shape index (κ3) is 3.43. The summed E-state index contributed by atoms with van der Waals surface area (Å²) in [5, 5.41) is 0.606. The smallest absolute Gasteiger partial charge is 0.347 e. The zero-order valence-electron chi connectivity index (χ0n) is 17.3. The minimum atomic E-state index is -0.578. The molecule has 0 N–H and O–H groups in total. The molecule has 0 unspecified atom stereocenters. The van der Waals surface area contributed by atoms with Gasteiger partial charge in [-0.3, -0.25) is 4.79 Å². The Morgan fingerprint density at radius 2 is 1.94 bits per heavy atom. The molecule has 0 amide bonds. The molecule has 0 bridgehead atoms. The van der Waals surface area contributed by atoms with E-state index in [1.54, 1.807) is 49.4 Å². The second-order valence-corrected chi connectivity index (χ2v) is 7.13. The number of furan rings is 2. The molecule has 0 saturated carbocycles. The molecule has 160 valence electrons. The van der Waals surface area contributed by atoms with Crippen molar-refractivity contribution in [2.45, 2.75) is 13.8 Å². The van der Waals surface area contributed by atoms with E-state index in [9.17, 15) is 9.59 Å². The Hall–Kier alpha value is -4.26. The molecule has 5 rings (SSSR count). The number of allylic oxidation sites excluding steroid dienone is 1. The molecule has 2 aromatic carbocycles. The van der Waals surface area contributed by atoms with E-state index in [1.807, 2.05) is 6.92 Å². The van der Waals surface area contributed by atoms with E-state index in [2.05, 4.69) is 0 Å². The SMILES string of the molecule is CCOc1ccc2oc(C)c(C(=O)Oc3ccc4c(c3)O/C(=C\c3ccco3)C4=O)c2c1. The van der Waals surface area contributed by atoms with E-state index in [0.717, 1.165) is 0 Å². The highest BCUT2D eigenvalue weighted by molar-refractivity contribution is 6.14. The first-order valence-electron chi connectivity index (χ1n) is 10.0. The lowest BCUT2D eigenvalue weighted by atomic mass is 10.1. The quantitative estimate of drug-likeness (QED) is 0.232. The van der Waals surface area contributed by atoms with E-state index in [-0.39, 0.29) is 17.3 Å². The summed E-state index contributed by atoms with van der Waals surface area (Å²) in [6.45, 7) is 4.09. The van der Waals surface area contributed by atoms with Crippen LogP contribution in [0.25, 0.3) is 17.0 Å². The van der Waals surface area contributed by atoms with Crippen LogP contribution < -0.4 is 14.2 Å². The van der Waals surface area contributed by atoms with Gasteiger partial charge in [0.25, 0.3) is 0 Å². The Bertz CT molecular complexity index is 1370.